The highest BCUT2D eigenvalue weighted by Gasteiger charge is 2.36. The number of ether oxygens (including phenoxy) is 1. The Morgan fingerprint density at radius 2 is 2.00 bits per heavy atom. The molecule has 0 spiro atoms. The van der Waals surface area contributed by atoms with Crippen LogP contribution in [0.25, 0.3) is 17.1 Å². The second-order valence-corrected chi connectivity index (χ2v) is 8.59. The van der Waals surface area contributed by atoms with Gasteiger partial charge in [0.25, 0.3) is 5.91 Å². The van der Waals surface area contributed by atoms with Crippen LogP contribution in [-0.4, -0.2) is 49.6 Å². The predicted octanol–water partition coefficient (Wildman–Crippen LogP) is 4.57. The van der Waals surface area contributed by atoms with Gasteiger partial charge in [-0.2, -0.15) is 20.0 Å². The number of likely N-dealkylation sites (tertiary alicyclic amines) is 1. The Bertz CT molecular complexity index is 1350. The molecule has 1 aliphatic heterocycles. The molecular formula is C24H23ClN6O3. The van der Waals surface area contributed by atoms with Gasteiger partial charge in [-0.05, 0) is 56.0 Å². The van der Waals surface area contributed by atoms with E-state index in [0.29, 0.717) is 40.3 Å². The van der Waals surface area contributed by atoms with Crippen LogP contribution in [0.3, 0.4) is 0 Å². The Balaban J connectivity index is 1.50. The third-order valence-corrected chi connectivity index (χ3v) is 6.54. The van der Waals surface area contributed by atoms with Crippen molar-refractivity contribution in [1.29, 1.82) is 0 Å². The molecule has 0 saturated carbocycles. The standard InChI is InChI=1S/C24H23ClN6O3/c1-14-12-20(31-26-9-10-27-31)17(13-21(14)33-3)24(32)30-11-5-8-19(30)23-28-22(29-34-23)16-6-4-7-18(25)15(16)2/h4,6-7,9-10,12-13,19H,5,8,11H2,1-3H3. The maximum Gasteiger partial charge on any atom is 0.256 e. The van der Waals surface area contributed by atoms with Crippen molar-refractivity contribution < 1.29 is 14.1 Å². The highest BCUT2D eigenvalue weighted by molar-refractivity contribution is 6.31. The van der Waals surface area contributed by atoms with E-state index in [4.69, 9.17) is 20.9 Å². The zero-order chi connectivity index (χ0) is 23.8. The number of rotatable bonds is 5. The van der Waals surface area contributed by atoms with Crippen LogP contribution in [0.1, 0.15) is 46.3 Å². The molecule has 0 aliphatic carbocycles. The SMILES string of the molecule is COc1cc(C(=O)N2CCCC2c2nc(-c3cccc(Cl)c3C)no2)c(-n2nccn2)cc1C. The monoisotopic (exact) mass is 478 g/mol. The zero-order valence-electron chi connectivity index (χ0n) is 19.0. The topological polar surface area (TPSA) is 99.2 Å². The third kappa shape index (κ3) is 3.81. The molecule has 4 aromatic rings. The quantitative estimate of drug-likeness (QED) is 0.414. The lowest BCUT2D eigenvalue weighted by atomic mass is 10.1. The van der Waals surface area contributed by atoms with E-state index in [0.717, 1.165) is 29.5 Å². The number of methoxy groups -OCH3 is 1. The number of aryl methyl sites for hydroxylation is 1. The van der Waals surface area contributed by atoms with Crippen molar-refractivity contribution in [2.75, 3.05) is 13.7 Å². The number of carbonyl (C=O) groups is 1. The first kappa shape index (κ1) is 22.1. The van der Waals surface area contributed by atoms with Gasteiger partial charge < -0.3 is 14.2 Å². The molecule has 34 heavy (non-hydrogen) atoms. The maximum absolute atomic E-state index is 13.8. The summed E-state index contributed by atoms with van der Waals surface area (Å²) in [7, 11) is 1.58. The van der Waals surface area contributed by atoms with E-state index in [1.54, 1.807) is 30.5 Å². The first-order chi connectivity index (χ1) is 16.5. The van der Waals surface area contributed by atoms with Gasteiger partial charge in [0, 0.05) is 17.1 Å². The Labute approximate surface area is 201 Å². The summed E-state index contributed by atoms with van der Waals surface area (Å²) < 4.78 is 11.1. The minimum absolute atomic E-state index is 0.174. The number of hydrogen-bond acceptors (Lipinski definition) is 7. The summed E-state index contributed by atoms with van der Waals surface area (Å²) in [5, 5.41) is 13.3. The molecule has 0 bridgehead atoms. The van der Waals surface area contributed by atoms with E-state index in [-0.39, 0.29) is 11.9 Å². The van der Waals surface area contributed by atoms with Gasteiger partial charge in [-0.25, -0.2) is 0 Å². The molecule has 0 N–H and O–H groups in total. The summed E-state index contributed by atoms with van der Waals surface area (Å²) in [5.41, 5.74) is 3.58. The molecule has 1 aliphatic rings. The number of amides is 1. The first-order valence-corrected chi connectivity index (χ1v) is 11.3. The molecular weight excluding hydrogens is 456 g/mol. The number of benzene rings is 2. The lowest BCUT2D eigenvalue weighted by molar-refractivity contribution is 0.0709. The molecule has 174 valence electrons. The van der Waals surface area contributed by atoms with Gasteiger partial charge in [0.1, 0.15) is 11.8 Å². The third-order valence-electron chi connectivity index (χ3n) is 6.13. The van der Waals surface area contributed by atoms with Crippen LogP contribution in [0.4, 0.5) is 0 Å². The lowest BCUT2D eigenvalue weighted by Gasteiger charge is -2.23. The number of hydrogen-bond donors (Lipinski definition) is 0. The Kier molecular flexibility index (Phi) is 5.79. The summed E-state index contributed by atoms with van der Waals surface area (Å²) in [6.45, 7) is 4.39. The van der Waals surface area contributed by atoms with Crippen LogP contribution < -0.4 is 4.74 Å². The van der Waals surface area contributed by atoms with E-state index in [2.05, 4.69) is 20.3 Å². The number of halogens is 1. The van der Waals surface area contributed by atoms with Gasteiger partial charge in [-0.15, -0.1) is 0 Å². The molecule has 3 heterocycles. The van der Waals surface area contributed by atoms with Crippen molar-refractivity contribution in [3.05, 3.63) is 70.3 Å². The molecule has 1 fully saturated rings. The van der Waals surface area contributed by atoms with Gasteiger partial charge >= 0.3 is 0 Å². The smallest absolute Gasteiger partial charge is 0.256 e. The molecule has 0 radical (unpaired) electrons. The number of aromatic nitrogens is 5. The highest BCUT2D eigenvalue weighted by atomic mass is 35.5. The average molecular weight is 479 g/mol. The van der Waals surface area contributed by atoms with E-state index >= 15 is 0 Å². The van der Waals surface area contributed by atoms with Gasteiger partial charge in [0.2, 0.25) is 11.7 Å². The van der Waals surface area contributed by atoms with Crippen LogP contribution in [0.2, 0.25) is 5.02 Å². The fourth-order valence-electron chi connectivity index (χ4n) is 4.32. The van der Waals surface area contributed by atoms with E-state index in [9.17, 15) is 4.79 Å². The second kappa shape index (κ2) is 8.90. The lowest BCUT2D eigenvalue weighted by Crippen LogP contribution is -2.31. The van der Waals surface area contributed by atoms with Crippen molar-refractivity contribution in [3.8, 4) is 22.8 Å². The van der Waals surface area contributed by atoms with Crippen LogP contribution >= 0.6 is 11.6 Å². The first-order valence-electron chi connectivity index (χ1n) is 10.9. The minimum Gasteiger partial charge on any atom is -0.496 e. The molecule has 1 amide bonds. The Morgan fingerprint density at radius 1 is 1.21 bits per heavy atom. The number of nitrogens with zero attached hydrogens (tertiary/aromatic N) is 6. The summed E-state index contributed by atoms with van der Waals surface area (Å²) in [4.78, 5) is 21.6. The molecule has 1 saturated heterocycles. The fourth-order valence-corrected chi connectivity index (χ4v) is 4.50. The van der Waals surface area contributed by atoms with Gasteiger partial charge in [0.15, 0.2) is 0 Å². The van der Waals surface area contributed by atoms with Crippen molar-refractivity contribution >= 4 is 17.5 Å². The fraction of sp³-hybridized carbons (Fsp3) is 0.292. The largest absolute Gasteiger partial charge is 0.496 e. The second-order valence-electron chi connectivity index (χ2n) is 8.18. The van der Waals surface area contributed by atoms with Gasteiger partial charge in [0.05, 0.1) is 30.8 Å². The van der Waals surface area contributed by atoms with Crippen LogP contribution in [0, 0.1) is 13.8 Å². The highest BCUT2D eigenvalue weighted by Crippen LogP contribution is 2.36. The molecule has 1 unspecified atom stereocenters. The van der Waals surface area contributed by atoms with Crippen molar-refractivity contribution in [3.63, 3.8) is 0 Å². The van der Waals surface area contributed by atoms with E-state index in [1.165, 1.54) is 4.80 Å². The van der Waals surface area contributed by atoms with Gasteiger partial charge in [-0.3, -0.25) is 4.79 Å². The molecule has 10 heteroatoms. The van der Waals surface area contributed by atoms with E-state index < -0.39 is 0 Å². The number of carbonyl (C=O) groups excluding carboxylic acids is 1. The Morgan fingerprint density at radius 3 is 2.76 bits per heavy atom. The van der Waals surface area contributed by atoms with Crippen LogP contribution in [0.15, 0.2) is 47.2 Å². The van der Waals surface area contributed by atoms with Crippen LogP contribution in [0.5, 0.6) is 5.75 Å². The predicted molar refractivity (Wildman–Crippen MR) is 125 cm³/mol. The average Bonchev–Trinajstić information content (AvgIpc) is 3.61. The summed E-state index contributed by atoms with van der Waals surface area (Å²) in [6.07, 6.45) is 4.69. The molecule has 1 atom stereocenters. The normalized spacial score (nSPS) is 15.6. The molecule has 2 aromatic heterocycles. The molecule has 9 nitrogen and oxygen atoms in total. The maximum atomic E-state index is 13.8. The van der Waals surface area contributed by atoms with E-state index in [1.807, 2.05) is 38.1 Å². The van der Waals surface area contributed by atoms with Crippen molar-refractivity contribution in [2.24, 2.45) is 0 Å². The van der Waals surface area contributed by atoms with Crippen molar-refractivity contribution in [1.82, 2.24) is 30.0 Å². The Hall–Kier alpha value is -3.72. The molecule has 2 aromatic carbocycles. The zero-order valence-corrected chi connectivity index (χ0v) is 19.8. The minimum atomic E-state index is -0.334. The molecule has 5 rings (SSSR count). The van der Waals surface area contributed by atoms with Gasteiger partial charge in [-0.1, -0.05) is 28.9 Å². The van der Waals surface area contributed by atoms with Crippen molar-refractivity contribution in [2.45, 2.75) is 32.7 Å². The summed E-state index contributed by atoms with van der Waals surface area (Å²) in [6, 6.07) is 8.82. The summed E-state index contributed by atoms with van der Waals surface area (Å²) >= 11 is 6.26. The summed E-state index contributed by atoms with van der Waals surface area (Å²) in [5.74, 6) is 1.30. The van der Waals surface area contributed by atoms with Crippen LogP contribution in [-0.2, 0) is 0 Å².